The van der Waals surface area contributed by atoms with Crippen LogP contribution in [0.2, 0.25) is 0 Å². The first-order valence-electron chi connectivity index (χ1n) is 11.3. The lowest BCUT2D eigenvalue weighted by atomic mass is 10.0. The van der Waals surface area contributed by atoms with Crippen LogP contribution in [0.4, 0.5) is 5.69 Å². The number of nitrogens with one attached hydrogen (secondary N) is 1. The summed E-state index contributed by atoms with van der Waals surface area (Å²) in [4.78, 5) is 13.1. The van der Waals surface area contributed by atoms with E-state index >= 15 is 0 Å². The quantitative estimate of drug-likeness (QED) is 0.572. The van der Waals surface area contributed by atoms with Gasteiger partial charge in [-0.15, -0.1) is 0 Å². The number of piperidine rings is 1. The highest BCUT2D eigenvalue weighted by Gasteiger charge is 2.32. The van der Waals surface area contributed by atoms with Crippen molar-refractivity contribution >= 4 is 21.6 Å². The van der Waals surface area contributed by atoms with E-state index in [1.54, 1.807) is 13.8 Å². The van der Waals surface area contributed by atoms with E-state index in [0.29, 0.717) is 30.9 Å². The zero-order valence-electron chi connectivity index (χ0n) is 19.1. The summed E-state index contributed by atoms with van der Waals surface area (Å²) in [6.07, 6.45) is 3.50. The first kappa shape index (κ1) is 23.2. The molecule has 3 aromatic rings. The number of carbonyl (C=O) groups excluding carboxylic acids is 1. The molecule has 0 spiro atoms. The largest absolute Gasteiger partial charge is 0.324 e. The molecular weight excluding hydrogens is 436 g/mol. The van der Waals surface area contributed by atoms with E-state index in [1.165, 1.54) is 8.99 Å². The van der Waals surface area contributed by atoms with Gasteiger partial charge in [0.15, 0.2) is 0 Å². The number of aromatic nitrogens is 2. The third-order valence-corrected chi connectivity index (χ3v) is 8.20. The Morgan fingerprint density at radius 2 is 1.64 bits per heavy atom. The van der Waals surface area contributed by atoms with Gasteiger partial charge >= 0.3 is 0 Å². The van der Waals surface area contributed by atoms with Gasteiger partial charge in [0.1, 0.15) is 11.4 Å². The summed E-state index contributed by atoms with van der Waals surface area (Å²) in [6.45, 7) is 4.42. The molecule has 0 radical (unpaired) electrons. The fourth-order valence-corrected chi connectivity index (χ4v) is 6.27. The summed E-state index contributed by atoms with van der Waals surface area (Å²) in [5.74, 6) is -0.247. The maximum atomic E-state index is 13.2. The summed E-state index contributed by atoms with van der Waals surface area (Å²) in [7, 11) is -3.62. The molecule has 2 heterocycles. The van der Waals surface area contributed by atoms with Gasteiger partial charge in [-0.25, -0.2) is 8.42 Å². The molecule has 2 aromatic carbocycles. The maximum absolute atomic E-state index is 13.2. The molecule has 1 aliphatic rings. The summed E-state index contributed by atoms with van der Waals surface area (Å²) in [5, 5.41) is 7.37. The molecule has 0 aliphatic carbocycles. The van der Waals surface area contributed by atoms with Gasteiger partial charge in [-0.1, -0.05) is 55.0 Å². The molecule has 1 aliphatic heterocycles. The second-order valence-corrected chi connectivity index (χ2v) is 10.4. The van der Waals surface area contributed by atoms with E-state index in [-0.39, 0.29) is 17.3 Å². The molecule has 0 saturated carbocycles. The minimum Gasteiger partial charge on any atom is -0.324 e. The predicted octanol–water partition coefficient (Wildman–Crippen LogP) is 3.90. The zero-order valence-corrected chi connectivity index (χ0v) is 19.9. The molecule has 1 N–H and O–H groups in total. The first-order chi connectivity index (χ1) is 15.9. The molecule has 1 amide bonds. The summed E-state index contributed by atoms with van der Waals surface area (Å²) in [5.41, 5.74) is 3.83. The number of benzene rings is 2. The Hall–Kier alpha value is -2.97. The van der Waals surface area contributed by atoms with Crippen molar-refractivity contribution in [2.75, 3.05) is 18.4 Å². The molecule has 0 atom stereocenters. The number of nitrogens with zero attached hydrogens (tertiary/aromatic N) is 3. The van der Waals surface area contributed by atoms with Crippen molar-refractivity contribution in [3.63, 3.8) is 0 Å². The normalized spacial score (nSPS) is 14.8. The van der Waals surface area contributed by atoms with Gasteiger partial charge in [-0.3, -0.25) is 9.48 Å². The minimum absolute atomic E-state index is 0.0537. The average molecular weight is 467 g/mol. The third kappa shape index (κ3) is 5.17. The summed E-state index contributed by atoms with van der Waals surface area (Å²) < 4.78 is 29.4. The lowest BCUT2D eigenvalue weighted by molar-refractivity contribution is -0.116. The van der Waals surface area contributed by atoms with Crippen LogP contribution in [0.25, 0.3) is 0 Å². The molecule has 7 nitrogen and oxygen atoms in total. The van der Waals surface area contributed by atoms with E-state index < -0.39 is 10.0 Å². The van der Waals surface area contributed by atoms with Crippen molar-refractivity contribution < 1.29 is 13.2 Å². The Labute approximate surface area is 195 Å². The van der Waals surface area contributed by atoms with E-state index in [2.05, 4.69) is 22.5 Å². The van der Waals surface area contributed by atoms with Crippen LogP contribution in [0.5, 0.6) is 0 Å². The van der Waals surface area contributed by atoms with Gasteiger partial charge in [0.05, 0.1) is 11.4 Å². The predicted molar refractivity (Wildman–Crippen MR) is 129 cm³/mol. The zero-order chi connectivity index (χ0) is 23.4. The minimum atomic E-state index is -3.62. The monoisotopic (exact) mass is 466 g/mol. The number of aryl methyl sites for hydroxylation is 1. The van der Waals surface area contributed by atoms with Crippen LogP contribution in [-0.4, -0.2) is 41.5 Å². The Bertz CT molecular complexity index is 1230. The number of hydrogen-bond donors (Lipinski definition) is 1. The van der Waals surface area contributed by atoms with E-state index in [4.69, 9.17) is 0 Å². The topological polar surface area (TPSA) is 84.3 Å². The Morgan fingerprint density at radius 3 is 2.36 bits per heavy atom. The summed E-state index contributed by atoms with van der Waals surface area (Å²) >= 11 is 0. The van der Waals surface area contributed by atoms with Gasteiger partial charge < -0.3 is 5.32 Å². The average Bonchev–Trinajstić information content (AvgIpc) is 3.09. The molecule has 1 aromatic heterocycles. The Kier molecular flexibility index (Phi) is 6.95. The van der Waals surface area contributed by atoms with Gasteiger partial charge in [-0.2, -0.15) is 9.40 Å². The lowest BCUT2D eigenvalue weighted by Crippen LogP contribution is -2.36. The number of carbonyl (C=O) groups is 1. The van der Waals surface area contributed by atoms with Gasteiger partial charge in [-0.05, 0) is 50.3 Å². The van der Waals surface area contributed by atoms with Crippen LogP contribution < -0.4 is 5.32 Å². The molecule has 4 rings (SSSR count). The highest BCUT2D eigenvalue weighted by atomic mass is 32.2. The van der Waals surface area contributed by atoms with Crippen LogP contribution in [0.1, 0.15) is 41.8 Å². The number of amides is 1. The second-order valence-electron chi connectivity index (χ2n) is 8.49. The molecular formula is C25H30N4O3S. The molecule has 1 fully saturated rings. The van der Waals surface area contributed by atoms with E-state index in [0.717, 1.165) is 36.1 Å². The number of sulfonamides is 1. The van der Waals surface area contributed by atoms with Gasteiger partial charge in [0.25, 0.3) is 0 Å². The van der Waals surface area contributed by atoms with Crippen molar-refractivity contribution in [3.05, 3.63) is 77.1 Å². The van der Waals surface area contributed by atoms with Crippen LogP contribution in [0, 0.1) is 13.8 Å². The van der Waals surface area contributed by atoms with Crippen LogP contribution in [0.15, 0.2) is 59.5 Å². The van der Waals surface area contributed by atoms with Crippen LogP contribution >= 0.6 is 0 Å². The second kappa shape index (κ2) is 9.89. The van der Waals surface area contributed by atoms with Crippen molar-refractivity contribution in [3.8, 4) is 0 Å². The Balaban J connectivity index is 1.51. The number of hydrogen-bond acceptors (Lipinski definition) is 4. The number of rotatable bonds is 7. The highest BCUT2D eigenvalue weighted by Crippen LogP contribution is 2.26. The molecule has 8 heteroatoms. The smallest absolute Gasteiger partial charge is 0.246 e. The fraction of sp³-hybridized carbons (Fsp3) is 0.360. The standard InChI is InChI=1S/C25H30N4O3S/c1-19-25(33(31,32)28-15-9-4-10-16-28)20(2)29(27-19)18-24(30)26-23-14-8-7-13-22(23)17-21-11-5-3-6-12-21/h3,5-8,11-14H,4,9-10,15-18H2,1-2H3,(H,26,30). The molecule has 0 bridgehead atoms. The molecule has 33 heavy (non-hydrogen) atoms. The van der Waals surface area contributed by atoms with E-state index in [1.807, 2.05) is 42.5 Å². The number of anilines is 1. The third-order valence-electron chi connectivity index (χ3n) is 6.05. The molecule has 0 unspecified atom stereocenters. The molecule has 1 saturated heterocycles. The lowest BCUT2D eigenvalue weighted by Gasteiger charge is -2.25. The van der Waals surface area contributed by atoms with Gasteiger partial charge in [0.2, 0.25) is 15.9 Å². The first-order valence-corrected chi connectivity index (χ1v) is 12.8. The fourth-order valence-electron chi connectivity index (χ4n) is 4.38. The number of para-hydroxylation sites is 1. The van der Waals surface area contributed by atoms with Gasteiger partial charge in [0, 0.05) is 18.8 Å². The van der Waals surface area contributed by atoms with Crippen molar-refractivity contribution in [2.24, 2.45) is 0 Å². The van der Waals surface area contributed by atoms with Crippen molar-refractivity contribution in [1.29, 1.82) is 0 Å². The van der Waals surface area contributed by atoms with Crippen molar-refractivity contribution in [2.45, 2.75) is 51.0 Å². The highest BCUT2D eigenvalue weighted by molar-refractivity contribution is 7.89. The Morgan fingerprint density at radius 1 is 0.970 bits per heavy atom. The molecule has 174 valence electrons. The SMILES string of the molecule is Cc1nn(CC(=O)Nc2ccccc2Cc2ccccc2)c(C)c1S(=O)(=O)N1CCCCC1. The van der Waals surface area contributed by atoms with Crippen LogP contribution in [0.3, 0.4) is 0 Å². The van der Waals surface area contributed by atoms with E-state index in [9.17, 15) is 13.2 Å². The maximum Gasteiger partial charge on any atom is 0.246 e. The van der Waals surface area contributed by atoms with Crippen molar-refractivity contribution in [1.82, 2.24) is 14.1 Å². The van der Waals surface area contributed by atoms with Crippen LogP contribution in [-0.2, 0) is 27.8 Å². The summed E-state index contributed by atoms with van der Waals surface area (Å²) in [6, 6.07) is 17.8.